The van der Waals surface area contributed by atoms with Crippen LogP contribution < -0.4 is 0 Å². The first-order chi connectivity index (χ1) is 7.16. The van der Waals surface area contributed by atoms with Crippen molar-refractivity contribution in [1.29, 1.82) is 0 Å². The molecule has 0 aromatic rings. The Labute approximate surface area is 95.1 Å². The lowest BCUT2D eigenvalue weighted by Gasteiger charge is -2.23. The minimum absolute atomic E-state index is 0.786. The van der Waals surface area contributed by atoms with Crippen LogP contribution in [0.15, 0.2) is 11.6 Å². The Kier molecular flexibility index (Phi) is 3.53. The molecule has 2 rings (SSSR count). The van der Waals surface area contributed by atoms with Crippen molar-refractivity contribution in [1.82, 2.24) is 0 Å². The predicted molar refractivity (Wildman–Crippen MR) is 66.8 cm³/mol. The van der Waals surface area contributed by atoms with E-state index in [1.807, 2.05) is 0 Å². The van der Waals surface area contributed by atoms with Gasteiger partial charge in [0.15, 0.2) is 0 Å². The first-order valence-corrected chi connectivity index (χ1v) is 6.85. The molecule has 86 valence electrons. The number of allylic oxidation sites excluding steroid dienone is 2. The molecule has 0 heterocycles. The standard InChI is InChI=1S/C15H26/c1-11(2)14-7-4-13(5-8-14)6-9-15-10-12(15)3/h7,11-13,15H,4-6,8-10H2,1-3H3. The average molecular weight is 206 g/mol. The molecular formula is C15H26. The van der Waals surface area contributed by atoms with Crippen LogP contribution in [0.3, 0.4) is 0 Å². The fourth-order valence-electron chi connectivity index (χ4n) is 2.95. The van der Waals surface area contributed by atoms with E-state index in [0.29, 0.717) is 0 Å². The largest absolute Gasteiger partial charge is 0.0848 e. The highest BCUT2D eigenvalue weighted by atomic mass is 14.4. The molecule has 0 aromatic heterocycles. The van der Waals surface area contributed by atoms with Gasteiger partial charge in [0.25, 0.3) is 0 Å². The van der Waals surface area contributed by atoms with Crippen LogP contribution in [-0.2, 0) is 0 Å². The van der Waals surface area contributed by atoms with E-state index in [9.17, 15) is 0 Å². The minimum atomic E-state index is 0.786. The number of hydrogen-bond donors (Lipinski definition) is 0. The summed E-state index contributed by atoms with van der Waals surface area (Å²) in [5.74, 6) is 3.95. The van der Waals surface area contributed by atoms with Gasteiger partial charge < -0.3 is 0 Å². The van der Waals surface area contributed by atoms with Crippen LogP contribution >= 0.6 is 0 Å². The molecule has 0 bridgehead atoms. The van der Waals surface area contributed by atoms with E-state index in [0.717, 1.165) is 23.7 Å². The monoisotopic (exact) mass is 206 g/mol. The zero-order valence-corrected chi connectivity index (χ0v) is 10.6. The zero-order valence-electron chi connectivity index (χ0n) is 10.6. The second-order valence-corrected chi connectivity index (χ2v) is 6.12. The molecule has 0 aromatic carbocycles. The van der Waals surface area contributed by atoms with Crippen LogP contribution in [-0.4, -0.2) is 0 Å². The maximum atomic E-state index is 2.54. The van der Waals surface area contributed by atoms with Gasteiger partial charge in [-0.2, -0.15) is 0 Å². The van der Waals surface area contributed by atoms with Crippen molar-refractivity contribution in [3.8, 4) is 0 Å². The molecule has 1 saturated carbocycles. The molecule has 0 aliphatic heterocycles. The van der Waals surface area contributed by atoms with E-state index in [2.05, 4.69) is 26.8 Å². The topological polar surface area (TPSA) is 0 Å². The van der Waals surface area contributed by atoms with Crippen molar-refractivity contribution in [3.63, 3.8) is 0 Å². The van der Waals surface area contributed by atoms with Crippen molar-refractivity contribution in [2.75, 3.05) is 0 Å². The summed E-state index contributed by atoms with van der Waals surface area (Å²) < 4.78 is 0. The first-order valence-electron chi connectivity index (χ1n) is 6.85. The summed E-state index contributed by atoms with van der Waals surface area (Å²) in [7, 11) is 0. The van der Waals surface area contributed by atoms with Gasteiger partial charge in [0.05, 0.1) is 0 Å². The summed E-state index contributed by atoms with van der Waals surface area (Å²) in [6, 6.07) is 0. The second kappa shape index (κ2) is 4.72. The van der Waals surface area contributed by atoms with Crippen molar-refractivity contribution >= 4 is 0 Å². The third-order valence-corrected chi connectivity index (χ3v) is 4.52. The smallest absolute Gasteiger partial charge is 0.0260 e. The predicted octanol–water partition coefficient (Wildman–Crippen LogP) is 4.81. The van der Waals surface area contributed by atoms with Gasteiger partial charge in [-0.3, -0.25) is 0 Å². The number of rotatable bonds is 4. The van der Waals surface area contributed by atoms with E-state index in [4.69, 9.17) is 0 Å². The van der Waals surface area contributed by atoms with Gasteiger partial charge in [-0.25, -0.2) is 0 Å². The van der Waals surface area contributed by atoms with E-state index in [1.54, 1.807) is 5.57 Å². The van der Waals surface area contributed by atoms with Gasteiger partial charge in [-0.05, 0) is 62.2 Å². The molecule has 2 aliphatic carbocycles. The van der Waals surface area contributed by atoms with E-state index in [1.165, 1.54) is 38.5 Å². The van der Waals surface area contributed by atoms with Gasteiger partial charge in [0, 0.05) is 0 Å². The van der Waals surface area contributed by atoms with Crippen LogP contribution in [0.5, 0.6) is 0 Å². The molecular weight excluding hydrogens is 180 g/mol. The highest BCUT2D eigenvalue weighted by molar-refractivity contribution is 5.08. The van der Waals surface area contributed by atoms with Crippen molar-refractivity contribution in [3.05, 3.63) is 11.6 Å². The summed E-state index contributed by atoms with van der Waals surface area (Å²) in [6.45, 7) is 7.07. The lowest BCUT2D eigenvalue weighted by atomic mass is 9.82. The third kappa shape index (κ3) is 3.09. The van der Waals surface area contributed by atoms with E-state index >= 15 is 0 Å². The van der Waals surface area contributed by atoms with Gasteiger partial charge in [0.2, 0.25) is 0 Å². The molecule has 0 spiro atoms. The Morgan fingerprint density at radius 2 is 2.07 bits per heavy atom. The molecule has 0 N–H and O–H groups in total. The van der Waals surface area contributed by atoms with Crippen LogP contribution in [0.2, 0.25) is 0 Å². The fourth-order valence-corrected chi connectivity index (χ4v) is 2.95. The van der Waals surface area contributed by atoms with Crippen LogP contribution in [0.1, 0.15) is 59.3 Å². The summed E-state index contributed by atoms with van der Waals surface area (Å²) in [5, 5.41) is 0. The summed E-state index contributed by atoms with van der Waals surface area (Å²) in [5.41, 5.74) is 1.71. The van der Waals surface area contributed by atoms with Gasteiger partial charge in [0.1, 0.15) is 0 Å². The second-order valence-electron chi connectivity index (χ2n) is 6.12. The molecule has 15 heavy (non-hydrogen) atoms. The molecule has 0 saturated heterocycles. The third-order valence-electron chi connectivity index (χ3n) is 4.52. The summed E-state index contributed by atoms with van der Waals surface area (Å²) in [4.78, 5) is 0. The fraction of sp³-hybridized carbons (Fsp3) is 0.867. The lowest BCUT2D eigenvalue weighted by Crippen LogP contribution is -2.09. The van der Waals surface area contributed by atoms with Gasteiger partial charge in [-0.15, -0.1) is 0 Å². The maximum Gasteiger partial charge on any atom is -0.0260 e. The quantitative estimate of drug-likeness (QED) is 0.579. The Morgan fingerprint density at radius 1 is 1.33 bits per heavy atom. The average Bonchev–Trinajstić information content (AvgIpc) is 2.92. The molecule has 3 atom stereocenters. The molecule has 1 fully saturated rings. The Morgan fingerprint density at radius 3 is 2.53 bits per heavy atom. The van der Waals surface area contributed by atoms with Gasteiger partial charge in [-0.1, -0.05) is 32.4 Å². The first kappa shape index (κ1) is 11.2. The minimum Gasteiger partial charge on any atom is -0.0848 e. The molecule has 0 nitrogen and oxygen atoms in total. The maximum absolute atomic E-state index is 2.54. The Balaban J connectivity index is 1.69. The Hall–Kier alpha value is -0.260. The molecule has 0 amide bonds. The summed E-state index contributed by atoms with van der Waals surface area (Å²) in [6.07, 6.45) is 11.3. The summed E-state index contributed by atoms with van der Waals surface area (Å²) >= 11 is 0. The lowest BCUT2D eigenvalue weighted by molar-refractivity contribution is 0.399. The molecule has 3 unspecified atom stereocenters. The highest BCUT2D eigenvalue weighted by Gasteiger charge is 2.32. The zero-order chi connectivity index (χ0) is 10.8. The molecule has 2 aliphatic rings. The van der Waals surface area contributed by atoms with Gasteiger partial charge >= 0.3 is 0 Å². The molecule has 0 radical (unpaired) electrons. The van der Waals surface area contributed by atoms with Crippen molar-refractivity contribution in [2.45, 2.75) is 59.3 Å². The highest BCUT2D eigenvalue weighted by Crippen LogP contribution is 2.43. The SMILES string of the molecule is CC(C)C1=CCC(CCC2CC2C)CC1. The number of hydrogen-bond acceptors (Lipinski definition) is 0. The van der Waals surface area contributed by atoms with Crippen LogP contribution in [0.4, 0.5) is 0 Å². The van der Waals surface area contributed by atoms with Crippen molar-refractivity contribution in [2.24, 2.45) is 23.7 Å². The Bertz CT molecular complexity index is 236. The van der Waals surface area contributed by atoms with Crippen LogP contribution in [0.25, 0.3) is 0 Å². The normalized spacial score (nSPS) is 35.5. The molecule has 0 heteroatoms. The van der Waals surface area contributed by atoms with Crippen molar-refractivity contribution < 1.29 is 0 Å². The van der Waals surface area contributed by atoms with E-state index < -0.39 is 0 Å². The van der Waals surface area contributed by atoms with Crippen LogP contribution in [0, 0.1) is 23.7 Å². The van der Waals surface area contributed by atoms with E-state index in [-0.39, 0.29) is 0 Å².